The number of thiocarbonyl (C=S) groups is 1. The minimum atomic E-state index is -0.278. The highest BCUT2D eigenvalue weighted by Gasteiger charge is 2.32. The van der Waals surface area contributed by atoms with Crippen molar-refractivity contribution in [1.82, 2.24) is 14.7 Å². The van der Waals surface area contributed by atoms with Gasteiger partial charge in [-0.3, -0.25) is 9.69 Å². The van der Waals surface area contributed by atoms with E-state index in [0.29, 0.717) is 34.5 Å². The molecule has 4 aromatic carbocycles. The number of nitrogens with zero attached hydrogens (tertiary/aromatic N) is 3. The summed E-state index contributed by atoms with van der Waals surface area (Å²) in [5.74, 6) is 1.08. The number of hydrogen-bond acceptors (Lipinski definition) is 6. The first-order valence-electron chi connectivity index (χ1n) is 14.0. The average Bonchev–Trinajstić information content (AvgIpc) is 3.60. The molecule has 1 amide bonds. The number of rotatable bonds is 10. The van der Waals surface area contributed by atoms with Gasteiger partial charge in [0.1, 0.15) is 28.2 Å². The summed E-state index contributed by atoms with van der Waals surface area (Å²) < 4.78 is 26.7. The molecule has 1 aliphatic rings. The molecule has 44 heavy (non-hydrogen) atoms. The van der Waals surface area contributed by atoms with E-state index < -0.39 is 0 Å². The predicted molar refractivity (Wildman–Crippen MR) is 176 cm³/mol. The second-order valence-corrected chi connectivity index (χ2v) is 11.8. The fraction of sp³-hybridized carbons (Fsp3) is 0.114. The van der Waals surface area contributed by atoms with E-state index in [1.54, 1.807) is 24.1 Å². The molecule has 0 aliphatic carbocycles. The molecule has 5 aromatic rings. The van der Waals surface area contributed by atoms with Gasteiger partial charge in [-0.1, -0.05) is 66.4 Å². The van der Waals surface area contributed by atoms with Gasteiger partial charge in [-0.2, -0.15) is 5.10 Å². The molecule has 6 rings (SSSR count). The number of benzene rings is 4. The van der Waals surface area contributed by atoms with Crippen LogP contribution in [-0.2, 0) is 17.8 Å². The van der Waals surface area contributed by atoms with Crippen molar-refractivity contribution in [3.8, 4) is 28.4 Å². The number of thioether (sulfide) groups is 1. The lowest BCUT2D eigenvalue weighted by Gasteiger charge is -2.14. The lowest BCUT2D eigenvalue weighted by Crippen LogP contribution is -2.30. The Morgan fingerprint density at radius 1 is 0.886 bits per heavy atom. The van der Waals surface area contributed by atoms with Crippen molar-refractivity contribution in [3.63, 3.8) is 0 Å². The van der Waals surface area contributed by atoms with Crippen LogP contribution < -0.4 is 9.47 Å². The van der Waals surface area contributed by atoms with Gasteiger partial charge >= 0.3 is 0 Å². The SMILES string of the molecule is COc1ccc(CCN2C(=O)/C(=C/c3cn(-c4ccccc4)nc3-c3ccc(OCc4ccc(F)cc4)cc3)SC2=S)cc1. The van der Waals surface area contributed by atoms with Crippen LogP contribution in [-0.4, -0.2) is 38.6 Å². The van der Waals surface area contributed by atoms with Gasteiger partial charge in [-0.25, -0.2) is 9.07 Å². The van der Waals surface area contributed by atoms with E-state index in [1.165, 1.54) is 23.9 Å². The van der Waals surface area contributed by atoms with Gasteiger partial charge in [0.15, 0.2) is 0 Å². The predicted octanol–water partition coefficient (Wildman–Crippen LogP) is 7.71. The molecule has 0 unspecified atom stereocenters. The van der Waals surface area contributed by atoms with Crippen molar-refractivity contribution in [2.45, 2.75) is 13.0 Å². The van der Waals surface area contributed by atoms with Crippen molar-refractivity contribution >= 4 is 40.3 Å². The quantitative estimate of drug-likeness (QED) is 0.118. The zero-order valence-electron chi connectivity index (χ0n) is 23.9. The average molecular weight is 622 g/mol. The number of carbonyl (C=O) groups excluding carboxylic acids is 1. The van der Waals surface area contributed by atoms with E-state index in [0.717, 1.165) is 39.4 Å². The number of aromatic nitrogens is 2. The molecule has 0 radical (unpaired) electrons. The van der Waals surface area contributed by atoms with Crippen LogP contribution in [0.25, 0.3) is 23.0 Å². The van der Waals surface area contributed by atoms with E-state index >= 15 is 0 Å². The molecule has 6 nitrogen and oxygen atoms in total. The van der Waals surface area contributed by atoms with Gasteiger partial charge in [0.05, 0.1) is 23.4 Å². The van der Waals surface area contributed by atoms with E-state index in [9.17, 15) is 9.18 Å². The lowest BCUT2D eigenvalue weighted by atomic mass is 10.1. The van der Waals surface area contributed by atoms with Crippen LogP contribution in [0.2, 0.25) is 0 Å². The van der Waals surface area contributed by atoms with Crippen LogP contribution in [0.1, 0.15) is 16.7 Å². The summed E-state index contributed by atoms with van der Waals surface area (Å²) >= 11 is 6.91. The maximum absolute atomic E-state index is 13.5. The highest BCUT2D eigenvalue weighted by Crippen LogP contribution is 2.35. The van der Waals surface area contributed by atoms with Crippen molar-refractivity contribution in [2.75, 3.05) is 13.7 Å². The highest BCUT2D eigenvalue weighted by atomic mass is 32.2. The summed E-state index contributed by atoms with van der Waals surface area (Å²) in [5.41, 5.74) is 5.27. The first-order chi connectivity index (χ1) is 21.5. The van der Waals surface area contributed by atoms with Crippen LogP contribution >= 0.6 is 24.0 Å². The molecule has 0 atom stereocenters. The Kier molecular flexibility index (Phi) is 8.86. The van der Waals surface area contributed by atoms with Crippen molar-refractivity contribution < 1.29 is 18.7 Å². The Bertz CT molecular complexity index is 1800. The maximum Gasteiger partial charge on any atom is 0.266 e. The Morgan fingerprint density at radius 3 is 2.27 bits per heavy atom. The number of halogens is 1. The largest absolute Gasteiger partial charge is 0.497 e. The standard InChI is InChI=1S/C35H28FN3O3S2/c1-41-30-15-9-24(10-16-30)19-20-38-34(40)32(44-35(38)43)21-27-22-39(29-5-3-2-4-6-29)37-33(27)26-11-17-31(18-12-26)42-23-25-7-13-28(36)14-8-25/h2-18,21-22H,19-20,23H2,1H3/b32-21-. The molecule has 0 N–H and O–H groups in total. The molecule has 0 saturated carbocycles. The van der Waals surface area contributed by atoms with Crippen LogP contribution in [0, 0.1) is 5.82 Å². The minimum absolute atomic E-state index is 0.114. The molecular formula is C35H28FN3O3S2. The molecule has 220 valence electrons. The number of methoxy groups -OCH3 is 1. The summed E-state index contributed by atoms with van der Waals surface area (Å²) in [5, 5.41) is 4.90. The smallest absolute Gasteiger partial charge is 0.266 e. The Balaban J connectivity index is 1.23. The van der Waals surface area contributed by atoms with Crippen LogP contribution in [0.3, 0.4) is 0 Å². The van der Waals surface area contributed by atoms with Crippen LogP contribution in [0.4, 0.5) is 4.39 Å². The van der Waals surface area contributed by atoms with Crippen molar-refractivity contribution in [1.29, 1.82) is 0 Å². The van der Waals surface area contributed by atoms with Crippen LogP contribution in [0.5, 0.6) is 11.5 Å². The maximum atomic E-state index is 13.5. The third-order valence-electron chi connectivity index (χ3n) is 7.15. The number of carbonyl (C=O) groups is 1. The molecule has 9 heteroatoms. The summed E-state index contributed by atoms with van der Waals surface area (Å²) in [7, 11) is 1.64. The third-order valence-corrected chi connectivity index (χ3v) is 8.53. The van der Waals surface area contributed by atoms with E-state index in [-0.39, 0.29) is 11.7 Å². The van der Waals surface area contributed by atoms with Crippen LogP contribution in [0.15, 0.2) is 114 Å². The molecule has 1 fully saturated rings. The van der Waals surface area contributed by atoms with Crippen molar-refractivity contribution in [3.05, 3.63) is 137 Å². The van der Waals surface area contributed by atoms with E-state index in [2.05, 4.69) is 0 Å². The normalized spacial score (nSPS) is 14.0. The first kappa shape index (κ1) is 29.3. The van der Waals surface area contributed by atoms with E-state index in [1.807, 2.05) is 95.8 Å². The van der Waals surface area contributed by atoms with Gasteiger partial charge in [0, 0.05) is 23.9 Å². The third kappa shape index (κ3) is 6.74. The number of hydrogen-bond donors (Lipinski definition) is 0. The molecule has 2 heterocycles. The van der Waals surface area contributed by atoms with Gasteiger partial charge in [-0.05, 0) is 84.3 Å². The molecule has 0 spiro atoms. The zero-order valence-corrected chi connectivity index (χ0v) is 25.5. The summed E-state index contributed by atoms with van der Waals surface area (Å²) in [6, 6.07) is 31.5. The van der Waals surface area contributed by atoms with E-state index in [4.69, 9.17) is 26.8 Å². The first-order valence-corrected chi connectivity index (χ1v) is 15.2. The zero-order chi connectivity index (χ0) is 30.5. The van der Waals surface area contributed by atoms with Gasteiger partial charge in [0.25, 0.3) is 5.91 Å². The Labute approximate surface area is 264 Å². The van der Waals surface area contributed by atoms with Crippen molar-refractivity contribution in [2.24, 2.45) is 0 Å². The summed E-state index contributed by atoms with van der Waals surface area (Å²) in [6.45, 7) is 0.817. The summed E-state index contributed by atoms with van der Waals surface area (Å²) in [6.07, 6.45) is 4.47. The topological polar surface area (TPSA) is 56.6 Å². The second-order valence-electron chi connectivity index (χ2n) is 10.1. The highest BCUT2D eigenvalue weighted by molar-refractivity contribution is 8.26. The molecular weight excluding hydrogens is 594 g/mol. The van der Waals surface area contributed by atoms with Gasteiger partial charge in [-0.15, -0.1) is 0 Å². The fourth-order valence-corrected chi connectivity index (χ4v) is 6.05. The minimum Gasteiger partial charge on any atom is -0.497 e. The summed E-state index contributed by atoms with van der Waals surface area (Å²) in [4.78, 5) is 15.7. The number of amides is 1. The van der Waals surface area contributed by atoms with Gasteiger partial charge < -0.3 is 9.47 Å². The molecule has 1 aromatic heterocycles. The lowest BCUT2D eigenvalue weighted by molar-refractivity contribution is -0.122. The Hall–Kier alpha value is -4.73. The molecule has 0 bridgehead atoms. The second kappa shape index (κ2) is 13.3. The van der Waals surface area contributed by atoms with Gasteiger partial charge in [0.2, 0.25) is 0 Å². The number of para-hydroxylation sites is 1. The number of ether oxygens (including phenoxy) is 2. The molecule has 1 saturated heterocycles. The Morgan fingerprint density at radius 2 is 1.57 bits per heavy atom. The fourth-order valence-electron chi connectivity index (χ4n) is 4.75. The molecule has 1 aliphatic heterocycles. The monoisotopic (exact) mass is 621 g/mol.